The zero-order chi connectivity index (χ0) is 17.6. The van der Waals surface area contributed by atoms with Gasteiger partial charge in [0.25, 0.3) is 0 Å². The van der Waals surface area contributed by atoms with Crippen molar-refractivity contribution in [3.63, 3.8) is 0 Å². The van der Waals surface area contributed by atoms with Crippen LogP contribution < -0.4 is 10.1 Å². The summed E-state index contributed by atoms with van der Waals surface area (Å²) in [5, 5.41) is 12.6. The molecule has 2 heterocycles. The highest BCUT2D eigenvalue weighted by molar-refractivity contribution is 5.47. The number of hydrogen-bond acceptors (Lipinski definition) is 4. The van der Waals surface area contributed by atoms with E-state index >= 15 is 0 Å². The summed E-state index contributed by atoms with van der Waals surface area (Å²) < 4.78 is 7.87. The fraction of sp³-hybridized carbons (Fsp3) is 0.350. The number of nitrogens with zero attached hydrogens (tertiary/aromatic N) is 2. The van der Waals surface area contributed by atoms with E-state index < -0.39 is 0 Å². The number of imidazole rings is 1. The number of ether oxygens (including phenoxy) is 1. The average Bonchev–Trinajstić information content (AvgIpc) is 3.02. The minimum atomic E-state index is -0.258. The van der Waals surface area contributed by atoms with Gasteiger partial charge in [-0.2, -0.15) is 0 Å². The zero-order valence-electron chi connectivity index (χ0n) is 14.8. The van der Waals surface area contributed by atoms with Crippen LogP contribution in [0, 0.1) is 6.92 Å². The van der Waals surface area contributed by atoms with Crippen molar-refractivity contribution in [2.24, 2.45) is 0 Å². The second kappa shape index (κ2) is 8.14. The van der Waals surface area contributed by atoms with Crippen LogP contribution in [0.1, 0.15) is 30.2 Å². The van der Waals surface area contributed by atoms with E-state index in [4.69, 9.17) is 4.74 Å². The van der Waals surface area contributed by atoms with Crippen molar-refractivity contribution in [1.29, 1.82) is 0 Å². The van der Waals surface area contributed by atoms with Gasteiger partial charge in [0.05, 0.1) is 11.8 Å². The molecule has 3 rings (SSSR count). The van der Waals surface area contributed by atoms with Crippen LogP contribution in [0.4, 0.5) is 0 Å². The number of rotatable bonds is 8. The SMILES string of the molecule is Cc1cccn2cc(COc3ccc(CNCCC(C)O)cc3)nc12. The first-order valence-corrected chi connectivity index (χ1v) is 8.65. The number of hydrogen-bond donors (Lipinski definition) is 2. The molecule has 0 radical (unpaired) electrons. The van der Waals surface area contributed by atoms with Gasteiger partial charge in [0.15, 0.2) is 0 Å². The predicted octanol–water partition coefficient (Wildman–Crippen LogP) is 3.08. The highest BCUT2D eigenvalue weighted by atomic mass is 16.5. The van der Waals surface area contributed by atoms with Crippen molar-refractivity contribution in [1.82, 2.24) is 14.7 Å². The third-order valence-corrected chi connectivity index (χ3v) is 4.11. The monoisotopic (exact) mass is 339 g/mol. The first-order chi connectivity index (χ1) is 12.1. The normalized spacial score (nSPS) is 12.4. The van der Waals surface area contributed by atoms with E-state index in [0.29, 0.717) is 6.61 Å². The van der Waals surface area contributed by atoms with E-state index in [1.165, 1.54) is 5.56 Å². The van der Waals surface area contributed by atoms with Crippen LogP contribution in [0.25, 0.3) is 5.65 Å². The topological polar surface area (TPSA) is 58.8 Å². The largest absolute Gasteiger partial charge is 0.487 e. The van der Waals surface area contributed by atoms with Crippen molar-refractivity contribution < 1.29 is 9.84 Å². The molecule has 132 valence electrons. The Bertz CT molecular complexity index is 809. The highest BCUT2D eigenvalue weighted by Crippen LogP contribution is 2.15. The molecule has 0 bridgehead atoms. The number of aliphatic hydroxyl groups excluding tert-OH is 1. The molecule has 0 saturated carbocycles. The summed E-state index contributed by atoms with van der Waals surface area (Å²) in [4.78, 5) is 4.62. The van der Waals surface area contributed by atoms with Crippen molar-refractivity contribution in [3.8, 4) is 5.75 Å². The number of fused-ring (bicyclic) bond motifs is 1. The highest BCUT2D eigenvalue weighted by Gasteiger charge is 2.04. The molecule has 0 amide bonds. The maximum Gasteiger partial charge on any atom is 0.140 e. The lowest BCUT2D eigenvalue weighted by Gasteiger charge is -2.08. The third kappa shape index (κ3) is 4.81. The Labute approximate surface area is 148 Å². The summed E-state index contributed by atoms with van der Waals surface area (Å²) in [7, 11) is 0. The number of aromatic nitrogens is 2. The van der Waals surface area contributed by atoms with Crippen LogP contribution in [0.2, 0.25) is 0 Å². The lowest BCUT2D eigenvalue weighted by atomic mass is 10.2. The fourth-order valence-electron chi connectivity index (χ4n) is 2.68. The van der Waals surface area contributed by atoms with Crippen molar-refractivity contribution in [2.45, 2.75) is 39.5 Å². The Morgan fingerprint density at radius 2 is 2.04 bits per heavy atom. The Morgan fingerprint density at radius 3 is 2.76 bits per heavy atom. The molecular formula is C20H25N3O2. The Balaban J connectivity index is 1.51. The van der Waals surface area contributed by atoms with Crippen LogP contribution >= 0.6 is 0 Å². The smallest absolute Gasteiger partial charge is 0.140 e. The summed E-state index contributed by atoms with van der Waals surface area (Å²) in [6.45, 7) is 5.91. The van der Waals surface area contributed by atoms with E-state index in [0.717, 1.165) is 42.2 Å². The van der Waals surface area contributed by atoms with Crippen LogP contribution in [-0.2, 0) is 13.2 Å². The number of benzene rings is 1. The van der Waals surface area contributed by atoms with Crippen molar-refractivity contribution in [2.75, 3.05) is 6.54 Å². The molecule has 1 aromatic carbocycles. The first kappa shape index (κ1) is 17.5. The number of aryl methyl sites for hydroxylation is 1. The zero-order valence-corrected chi connectivity index (χ0v) is 14.8. The van der Waals surface area contributed by atoms with Gasteiger partial charge in [-0.15, -0.1) is 0 Å². The van der Waals surface area contributed by atoms with Gasteiger partial charge < -0.3 is 19.6 Å². The second-order valence-corrected chi connectivity index (χ2v) is 6.40. The average molecular weight is 339 g/mol. The Kier molecular flexibility index (Phi) is 5.68. The van der Waals surface area contributed by atoms with Gasteiger partial charge in [-0.05, 0) is 56.1 Å². The minimum absolute atomic E-state index is 0.258. The molecule has 0 spiro atoms. The number of aliphatic hydroxyl groups is 1. The molecule has 0 fully saturated rings. The van der Waals surface area contributed by atoms with Gasteiger partial charge in [0, 0.05) is 18.9 Å². The summed E-state index contributed by atoms with van der Waals surface area (Å²) in [5.41, 5.74) is 4.24. The van der Waals surface area contributed by atoms with Gasteiger partial charge in [-0.25, -0.2) is 4.98 Å². The quantitative estimate of drug-likeness (QED) is 0.619. The molecular weight excluding hydrogens is 314 g/mol. The van der Waals surface area contributed by atoms with E-state index in [1.54, 1.807) is 6.92 Å². The number of pyridine rings is 1. The molecule has 3 aromatic rings. The molecule has 5 heteroatoms. The van der Waals surface area contributed by atoms with Crippen LogP contribution in [0.5, 0.6) is 5.75 Å². The van der Waals surface area contributed by atoms with Crippen LogP contribution in [0.3, 0.4) is 0 Å². The molecule has 0 aliphatic rings. The van der Waals surface area contributed by atoms with E-state index in [2.05, 4.69) is 35.4 Å². The predicted molar refractivity (Wildman–Crippen MR) is 98.7 cm³/mol. The molecule has 0 saturated heterocycles. The van der Waals surface area contributed by atoms with Crippen molar-refractivity contribution >= 4 is 5.65 Å². The lowest BCUT2D eigenvalue weighted by Crippen LogP contribution is -2.18. The van der Waals surface area contributed by atoms with E-state index in [-0.39, 0.29) is 6.10 Å². The van der Waals surface area contributed by atoms with Gasteiger partial charge in [-0.1, -0.05) is 18.2 Å². The van der Waals surface area contributed by atoms with Gasteiger partial charge in [0.2, 0.25) is 0 Å². The van der Waals surface area contributed by atoms with Gasteiger partial charge >= 0.3 is 0 Å². The molecule has 1 atom stereocenters. The molecule has 25 heavy (non-hydrogen) atoms. The summed E-state index contributed by atoms with van der Waals surface area (Å²) >= 11 is 0. The molecule has 0 aliphatic heterocycles. The second-order valence-electron chi connectivity index (χ2n) is 6.40. The van der Waals surface area contributed by atoms with Crippen molar-refractivity contribution in [3.05, 3.63) is 65.6 Å². The van der Waals surface area contributed by atoms with E-state index in [9.17, 15) is 5.11 Å². The molecule has 5 nitrogen and oxygen atoms in total. The summed E-state index contributed by atoms with van der Waals surface area (Å²) in [5.74, 6) is 0.835. The maximum atomic E-state index is 9.24. The minimum Gasteiger partial charge on any atom is -0.487 e. The first-order valence-electron chi connectivity index (χ1n) is 8.65. The molecule has 2 aromatic heterocycles. The van der Waals surface area contributed by atoms with Gasteiger partial charge in [-0.3, -0.25) is 0 Å². The number of nitrogens with one attached hydrogen (secondary N) is 1. The molecule has 0 aliphatic carbocycles. The van der Waals surface area contributed by atoms with E-state index in [1.807, 2.05) is 35.0 Å². The molecule has 2 N–H and O–H groups in total. The van der Waals surface area contributed by atoms with Gasteiger partial charge in [0.1, 0.15) is 18.0 Å². The molecule has 1 unspecified atom stereocenters. The lowest BCUT2D eigenvalue weighted by molar-refractivity contribution is 0.183. The van der Waals surface area contributed by atoms with Crippen LogP contribution in [0.15, 0.2) is 48.8 Å². The summed E-state index contributed by atoms with van der Waals surface area (Å²) in [6, 6.07) is 12.1. The Hall–Kier alpha value is -2.37. The third-order valence-electron chi connectivity index (χ3n) is 4.11. The standard InChI is InChI=1S/C20H25N3O2/c1-15-4-3-11-23-13-18(22-20(15)23)14-25-19-7-5-17(6-8-19)12-21-10-9-16(2)24/h3-8,11,13,16,21,24H,9-10,12,14H2,1-2H3. The Morgan fingerprint density at radius 1 is 1.24 bits per heavy atom. The fourth-order valence-corrected chi connectivity index (χ4v) is 2.68. The summed E-state index contributed by atoms with van der Waals surface area (Å²) in [6.07, 6.45) is 4.51. The van der Waals surface area contributed by atoms with Crippen LogP contribution in [-0.4, -0.2) is 27.1 Å². The maximum absolute atomic E-state index is 9.24.